The number of fused-ring (bicyclic) bond motifs is 8. The number of benzene rings is 7. The SMILES string of the molecule is C1=CC(c2ccc(N(c3ccc(-c4ccccc4)cc3)c3ccc4ccc5oc6ccccc6c5c4c3)cc2)C2C(=C1)Sc1ccccc12. The summed E-state index contributed by atoms with van der Waals surface area (Å²) in [7, 11) is 0. The zero-order chi connectivity index (χ0) is 32.3. The molecule has 0 spiro atoms. The van der Waals surface area contributed by atoms with Crippen molar-refractivity contribution in [1.29, 1.82) is 0 Å². The zero-order valence-electron chi connectivity index (χ0n) is 26.7. The number of nitrogens with zero attached hydrogens (tertiary/aromatic N) is 1. The predicted octanol–water partition coefficient (Wildman–Crippen LogP) is 13.3. The molecule has 232 valence electrons. The number of anilines is 3. The minimum Gasteiger partial charge on any atom is -0.456 e. The zero-order valence-corrected chi connectivity index (χ0v) is 27.5. The van der Waals surface area contributed by atoms with Crippen LogP contribution in [0.2, 0.25) is 0 Å². The van der Waals surface area contributed by atoms with Gasteiger partial charge in [0.05, 0.1) is 0 Å². The van der Waals surface area contributed by atoms with Crippen molar-refractivity contribution in [2.75, 3.05) is 4.90 Å². The summed E-state index contributed by atoms with van der Waals surface area (Å²) in [6, 6.07) is 57.0. The van der Waals surface area contributed by atoms with Crippen LogP contribution in [0.3, 0.4) is 0 Å². The van der Waals surface area contributed by atoms with E-state index in [1.165, 1.54) is 42.8 Å². The van der Waals surface area contributed by atoms with Gasteiger partial charge in [-0.05, 0) is 92.5 Å². The van der Waals surface area contributed by atoms with Crippen LogP contribution < -0.4 is 4.90 Å². The molecular weight excluding hydrogens is 615 g/mol. The van der Waals surface area contributed by atoms with Gasteiger partial charge in [0.1, 0.15) is 11.2 Å². The molecule has 0 bridgehead atoms. The van der Waals surface area contributed by atoms with Gasteiger partial charge in [0.2, 0.25) is 0 Å². The second kappa shape index (κ2) is 11.4. The van der Waals surface area contributed by atoms with E-state index in [9.17, 15) is 0 Å². The van der Waals surface area contributed by atoms with E-state index < -0.39 is 0 Å². The summed E-state index contributed by atoms with van der Waals surface area (Å²) in [5.74, 6) is 0.665. The molecule has 1 aromatic heterocycles. The van der Waals surface area contributed by atoms with Gasteiger partial charge in [0.15, 0.2) is 0 Å². The summed E-state index contributed by atoms with van der Waals surface area (Å²) in [5, 5.41) is 4.68. The molecule has 1 aliphatic carbocycles. The number of furan rings is 1. The van der Waals surface area contributed by atoms with Gasteiger partial charge in [0, 0.05) is 44.6 Å². The van der Waals surface area contributed by atoms with Crippen molar-refractivity contribution in [3.05, 3.63) is 192 Å². The molecule has 0 N–H and O–H groups in total. The Morgan fingerprint density at radius 3 is 2.10 bits per heavy atom. The molecule has 2 nitrogen and oxygen atoms in total. The smallest absolute Gasteiger partial charge is 0.136 e. The van der Waals surface area contributed by atoms with E-state index in [0.717, 1.165) is 39.0 Å². The van der Waals surface area contributed by atoms with Crippen LogP contribution in [-0.4, -0.2) is 0 Å². The highest BCUT2D eigenvalue weighted by Gasteiger charge is 2.35. The van der Waals surface area contributed by atoms with E-state index >= 15 is 0 Å². The monoisotopic (exact) mass is 645 g/mol. The minimum atomic E-state index is 0.298. The lowest BCUT2D eigenvalue weighted by Gasteiger charge is -2.28. The number of hydrogen-bond donors (Lipinski definition) is 0. The lowest BCUT2D eigenvalue weighted by Crippen LogP contribution is -2.12. The van der Waals surface area contributed by atoms with Crippen molar-refractivity contribution in [3.8, 4) is 11.1 Å². The Morgan fingerprint density at radius 2 is 1.24 bits per heavy atom. The van der Waals surface area contributed by atoms with Crippen LogP contribution in [0.4, 0.5) is 17.1 Å². The first-order valence-corrected chi connectivity index (χ1v) is 17.6. The summed E-state index contributed by atoms with van der Waals surface area (Å²) in [6.45, 7) is 0. The molecule has 8 aromatic rings. The second-order valence-electron chi connectivity index (χ2n) is 12.9. The van der Waals surface area contributed by atoms with E-state index in [-0.39, 0.29) is 0 Å². The third-order valence-electron chi connectivity index (χ3n) is 10.1. The average Bonchev–Trinajstić information content (AvgIpc) is 3.75. The third-order valence-corrected chi connectivity index (χ3v) is 11.3. The molecule has 0 amide bonds. The minimum absolute atomic E-state index is 0.298. The van der Waals surface area contributed by atoms with E-state index in [1.807, 2.05) is 17.8 Å². The highest BCUT2D eigenvalue weighted by Crippen LogP contribution is 2.56. The van der Waals surface area contributed by atoms with Crippen molar-refractivity contribution in [2.24, 2.45) is 0 Å². The summed E-state index contributed by atoms with van der Waals surface area (Å²) >= 11 is 1.92. The third kappa shape index (κ3) is 4.73. The fourth-order valence-corrected chi connectivity index (χ4v) is 9.02. The Morgan fingerprint density at radius 1 is 0.551 bits per heavy atom. The van der Waals surface area contributed by atoms with Gasteiger partial charge in [-0.15, -0.1) is 0 Å². The van der Waals surface area contributed by atoms with Gasteiger partial charge in [-0.25, -0.2) is 0 Å². The summed E-state index contributed by atoms with van der Waals surface area (Å²) in [5.41, 5.74) is 10.3. The lowest BCUT2D eigenvalue weighted by atomic mass is 9.79. The van der Waals surface area contributed by atoms with Crippen LogP contribution in [0.15, 0.2) is 190 Å². The standard InChI is InChI=1S/C46H31NOS/c1-2-9-30(10-3-1)31-17-23-34(24-18-31)47(36-27-21-33-22-28-42-45(40(33)29-36)38-11-4-6-14-41(38)48-42)35-25-19-32(20-26-35)37-13-8-16-44-46(37)39-12-5-7-15-43(39)49-44/h1-29,37,46H. The maximum atomic E-state index is 6.28. The summed E-state index contributed by atoms with van der Waals surface area (Å²) in [6.07, 6.45) is 6.90. The number of thioether (sulfide) groups is 1. The normalized spacial score (nSPS) is 16.5. The average molecular weight is 646 g/mol. The fourth-order valence-electron chi connectivity index (χ4n) is 7.76. The molecule has 7 aromatic carbocycles. The topological polar surface area (TPSA) is 16.4 Å². The molecule has 2 unspecified atom stereocenters. The first-order valence-electron chi connectivity index (χ1n) is 16.8. The van der Waals surface area contributed by atoms with Crippen LogP contribution in [0.1, 0.15) is 23.0 Å². The molecule has 2 aliphatic rings. The van der Waals surface area contributed by atoms with Crippen LogP contribution in [0.25, 0.3) is 43.8 Å². The van der Waals surface area contributed by atoms with E-state index in [2.05, 4.69) is 175 Å². The van der Waals surface area contributed by atoms with E-state index in [4.69, 9.17) is 4.42 Å². The summed E-state index contributed by atoms with van der Waals surface area (Å²) in [4.78, 5) is 5.19. The van der Waals surface area contributed by atoms with Crippen molar-refractivity contribution in [1.82, 2.24) is 0 Å². The van der Waals surface area contributed by atoms with Gasteiger partial charge in [-0.1, -0.05) is 133 Å². The van der Waals surface area contributed by atoms with Crippen LogP contribution in [0, 0.1) is 0 Å². The largest absolute Gasteiger partial charge is 0.456 e. The highest BCUT2D eigenvalue weighted by molar-refractivity contribution is 8.03. The molecule has 0 radical (unpaired) electrons. The molecule has 10 rings (SSSR count). The van der Waals surface area contributed by atoms with Crippen LogP contribution >= 0.6 is 11.8 Å². The van der Waals surface area contributed by atoms with Gasteiger partial charge < -0.3 is 9.32 Å². The maximum absolute atomic E-state index is 6.28. The van der Waals surface area contributed by atoms with E-state index in [0.29, 0.717) is 11.8 Å². The second-order valence-corrected chi connectivity index (χ2v) is 14.0. The number of rotatable bonds is 5. The quantitative estimate of drug-likeness (QED) is 0.185. The molecule has 1 aliphatic heterocycles. The molecule has 2 heterocycles. The first-order chi connectivity index (χ1) is 24.3. The predicted molar refractivity (Wildman–Crippen MR) is 206 cm³/mol. The molecule has 0 saturated heterocycles. The van der Waals surface area contributed by atoms with Crippen molar-refractivity contribution < 1.29 is 4.42 Å². The van der Waals surface area contributed by atoms with Gasteiger partial charge >= 0.3 is 0 Å². The number of hydrogen-bond acceptors (Lipinski definition) is 3. The Bertz CT molecular complexity index is 2580. The van der Waals surface area contributed by atoms with Crippen LogP contribution in [-0.2, 0) is 0 Å². The number of allylic oxidation sites excluding steroid dienone is 4. The van der Waals surface area contributed by atoms with Gasteiger partial charge in [0.25, 0.3) is 0 Å². The van der Waals surface area contributed by atoms with Gasteiger partial charge in [-0.2, -0.15) is 0 Å². The summed E-state index contributed by atoms with van der Waals surface area (Å²) < 4.78 is 6.28. The van der Waals surface area contributed by atoms with Crippen molar-refractivity contribution >= 4 is 61.5 Å². The Kier molecular flexibility index (Phi) is 6.60. The molecule has 0 saturated carbocycles. The molecule has 49 heavy (non-hydrogen) atoms. The molecule has 3 heteroatoms. The molecular formula is C46H31NOS. The Hall–Kier alpha value is -5.77. The van der Waals surface area contributed by atoms with Crippen LogP contribution in [0.5, 0.6) is 0 Å². The number of para-hydroxylation sites is 1. The molecule has 2 atom stereocenters. The maximum Gasteiger partial charge on any atom is 0.136 e. The fraction of sp³-hybridized carbons (Fsp3) is 0.0435. The Balaban J connectivity index is 1.10. The van der Waals surface area contributed by atoms with Crippen molar-refractivity contribution in [2.45, 2.75) is 16.7 Å². The van der Waals surface area contributed by atoms with Crippen molar-refractivity contribution in [3.63, 3.8) is 0 Å². The first kappa shape index (κ1) is 28.3. The highest BCUT2D eigenvalue weighted by atomic mass is 32.2. The van der Waals surface area contributed by atoms with E-state index in [1.54, 1.807) is 0 Å². The molecule has 0 fully saturated rings. The van der Waals surface area contributed by atoms with Gasteiger partial charge in [-0.3, -0.25) is 0 Å². The Labute approximate surface area is 289 Å². The lowest BCUT2D eigenvalue weighted by molar-refractivity contribution is 0.669.